The van der Waals surface area contributed by atoms with Gasteiger partial charge in [0.2, 0.25) is 5.43 Å². The number of nitrogens with zero attached hydrogens (tertiary/aromatic N) is 2. The molecule has 168 valence electrons. The van der Waals surface area contributed by atoms with Crippen molar-refractivity contribution >= 4 is 5.91 Å². The molecular weight excluding hydrogens is 406 g/mol. The normalized spacial score (nSPS) is 10.8. The average Bonchev–Trinajstić information content (AvgIpc) is 2.78. The van der Waals surface area contributed by atoms with Crippen LogP contribution in [0, 0.1) is 12.8 Å². The molecule has 1 amide bonds. The van der Waals surface area contributed by atoms with E-state index in [0.29, 0.717) is 29.7 Å². The average molecular weight is 436 g/mol. The van der Waals surface area contributed by atoms with Gasteiger partial charge in [-0.2, -0.15) is 5.10 Å². The SMILES string of the molecule is COc1cc(CNC(=O)c2nn(-c3ccccc3)c(C)cc2=O)ccc1OCCC(C)C. The minimum atomic E-state index is -0.532. The maximum absolute atomic E-state index is 12.7. The van der Waals surface area contributed by atoms with Crippen LogP contribution in [0.5, 0.6) is 11.5 Å². The van der Waals surface area contributed by atoms with Crippen LogP contribution in [0.2, 0.25) is 0 Å². The van der Waals surface area contributed by atoms with Crippen LogP contribution in [-0.2, 0) is 6.54 Å². The molecule has 0 bridgehead atoms. The van der Waals surface area contributed by atoms with Gasteiger partial charge in [0.1, 0.15) is 0 Å². The molecule has 1 heterocycles. The number of amides is 1. The van der Waals surface area contributed by atoms with Gasteiger partial charge in [-0.05, 0) is 49.1 Å². The zero-order valence-electron chi connectivity index (χ0n) is 18.9. The van der Waals surface area contributed by atoms with Crippen molar-refractivity contribution in [1.82, 2.24) is 15.1 Å². The summed E-state index contributed by atoms with van der Waals surface area (Å²) in [5, 5.41) is 7.07. The molecule has 32 heavy (non-hydrogen) atoms. The number of hydrogen-bond acceptors (Lipinski definition) is 5. The standard InChI is InChI=1S/C25H29N3O4/c1-17(2)12-13-32-22-11-10-19(15-23(22)31-4)16-26-25(30)24-21(29)14-18(3)28(27-24)20-8-6-5-7-9-20/h5-11,14-15,17H,12-13,16H2,1-4H3,(H,26,30). The highest BCUT2D eigenvalue weighted by Gasteiger charge is 2.15. The van der Waals surface area contributed by atoms with E-state index >= 15 is 0 Å². The van der Waals surface area contributed by atoms with E-state index in [2.05, 4.69) is 24.3 Å². The molecule has 3 aromatic rings. The van der Waals surface area contributed by atoms with Crippen LogP contribution in [0.4, 0.5) is 0 Å². The number of carbonyl (C=O) groups is 1. The van der Waals surface area contributed by atoms with E-state index in [4.69, 9.17) is 9.47 Å². The van der Waals surface area contributed by atoms with Gasteiger partial charge in [0.05, 0.1) is 19.4 Å². The number of hydrogen-bond donors (Lipinski definition) is 1. The van der Waals surface area contributed by atoms with Gasteiger partial charge in [-0.1, -0.05) is 38.1 Å². The number of aryl methyl sites for hydroxylation is 1. The van der Waals surface area contributed by atoms with Gasteiger partial charge < -0.3 is 14.8 Å². The van der Waals surface area contributed by atoms with E-state index in [1.165, 1.54) is 6.07 Å². The second-order valence-corrected chi connectivity index (χ2v) is 7.94. The van der Waals surface area contributed by atoms with Crippen LogP contribution >= 0.6 is 0 Å². The second kappa shape index (κ2) is 10.6. The van der Waals surface area contributed by atoms with Crippen LogP contribution in [0.3, 0.4) is 0 Å². The first kappa shape index (κ1) is 23.1. The van der Waals surface area contributed by atoms with Crippen molar-refractivity contribution in [2.75, 3.05) is 13.7 Å². The maximum Gasteiger partial charge on any atom is 0.276 e. The molecule has 0 atom stereocenters. The Labute approximate surface area is 188 Å². The molecule has 0 fully saturated rings. The number of rotatable bonds is 9. The van der Waals surface area contributed by atoms with E-state index in [1.807, 2.05) is 48.5 Å². The van der Waals surface area contributed by atoms with Gasteiger partial charge >= 0.3 is 0 Å². The lowest BCUT2D eigenvalue weighted by molar-refractivity contribution is 0.0943. The van der Waals surface area contributed by atoms with E-state index in [0.717, 1.165) is 17.7 Å². The van der Waals surface area contributed by atoms with E-state index in [1.54, 1.807) is 18.7 Å². The van der Waals surface area contributed by atoms with Crippen molar-refractivity contribution in [3.63, 3.8) is 0 Å². The fraction of sp³-hybridized carbons (Fsp3) is 0.320. The Morgan fingerprint density at radius 2 is 1.84 bits per heavy atom. The third-order valence-electron chi connectivity index (χ3n) is 4.96. The Morgan fingerprint density at radius 1 is 1.09 bits per heavy atom. The summed E-state index contributed by atoms with van der Waals surface area (Å²) < 4.78 is 12.8. The number of ether oxygens (including phenoxy) is 2. The number of methoxy groups -OCH3 is 1. The zero-order valence-corrected chi connectivity index (χ0v) is 18.9. The number of carbonyl (C=O) groups excluding carboxylic acids is 1. The Kier molecular flexibility index (Phi) is 7.65. The van der Waals surface area contributed by atoms with Crippen LogP contribution < -0.4 is 20.2 Å². The molecule has 7 heteroatoms. The third kappa shape index (κ3) is 5.75. The minimum Gasteiger partial charge on any atom is -0.493 e. The molecule has 0 radical (unpaired) electrons. The predicted octanol–water partition coefficient (Wildman–Crippen LogP) is 3.90. The molecule has 0 unspecified atom stereocenters. The molecule has 7 nitrogen and oxygen atoms in total. The summed E-state index contributed by atoms with van der Waals surface area (Å²) >= 11 is 0. The van der Waals surface area contributed by atoms with Gasteiger partial charge in [-0.25, -0.2) is 4.68 Å². The van der Waals surface area contributed by atoms with E-state index in [9.17, 15) is 9.59 Å². The molecule has 0 aliphatic rings. The van der Waals surface area contributed by atoms with Crippen LogP contribution in [0.25, 0.3) is 5.69 Å². The number of benzene rings is 2. The van der Waals surface area contributed by atoms with Crippen molar-refractivity contribution in [2.24, 2.45) is 5.92 Å². The Hall–Kier alpha value is -3.61. The van der Waals surface area contributed by atoms with Gasteiger partial charge in [0.15, 0.2) is 17.2 Å². The first-order valence-corrected chi connectivity index (χ1v) is 10.6. The highest BCUT2D eigenvalue weighted by atomic mass is 16.5. The van der Waals surface area contributed by atoms with Gasteiger partial charge in [-0.3, -0.25) is 9.59 Å². The van der Waals surface area contributed by atoms with Gasteiger partial charge in [0.25, 0.3) is 5.91 Å². The first-order valence-electron chi connectivity index (χ1n) is 10.6. The summed E-state index contributed by atoms with van der Waals surface area (Å²) in [6.07, 6.45) is 0.949. The fourth-order valence-electron chi connectivity index (χ4n) is 3.15. The summed E-state index contributed by atoms with van der Waals surface area (Å²) in [6.45, 7) is 6.90. The van der Waals surface area contributed by atoms with Crippen LogP contribution in [-0.4, -0.2) is 29.4 Å². The molecule has 0 aliphatic carbocycles. The van der Waals surface area contributed by atoms with Gasteiger partial charge in [-0.15, -0.1) is 0 Å². The topological polar surface area (TPSA) is 82.5 Å². The summed E-state index contributed by atoms with van der Waals surface area (Å²) in [7, 11) is 1.58. The maximum atomic E-state index is 12.7. The summed E-state index contributed by atoms with van der Waals surface area (Å²) in [5.74, 6) is 1.28. The van der Waals surface area contributed by atoms with E-state index in [-0.39, 0.29) is 12.2 Å². The Bertz CT molecular complexity index is 1120. The fourth-order valence-corrected chi connectivity index (χ4v) is 3.15. The smallest absolute Gasteiger partial charge is 0.276 e. The van der Waals surface area contributed by atoms with Crippen molar-refractivity contribution in [3.8, 4) is 17.2 Å². The molecule has 1 aromatic heterocycles. The Morgan fingerprint density at radius 3 is 2.53 bits per heavy atom. The second-order valence-electron chi connectivity index (χ2n) is 7.94. The lowest BCUT2D eigenvalue weighted by atomic mass is 10.1. The van der Waals surface area contributed by atoms with Crippen molar-refractivity contribution < 1.29 is 14.3 Å². The minimum absolute atomic E-state index is 0.153. The quantitative estimate of drug-likeness (QED) is 0.551. The molecule has 1 N–H and O–H groups in total. The molecule has 3 rings (SSSR count). The molecule has 0 saturated heterocycles. The highest BCUT2D eigenvalue weighted by molar-refractivity contribution is 5.92. The third-order valence-corrected chi connectivity index (χ3v) is 4.96. The first-order chi connectivity index (χ1) is 15.4. The van der Waals surface area contributed by atoms with Gasteiger partial charge in [0, 0.05) is 18.3 Å². The van der Waals surface area contributed by atoms with Crippen LogP contribution in [0.15, 0.2) is 59.4 Å². The zero-order chi connectivity index (χ0) is 23.1. The number of aromatic nitrogens is 2. The van der Waals surface area contributed by atoms with Crippen molar-refractivity contribution in [1.29, 1.82) is 0 Å². The molecule has 0 spiro atoms. The monoisotopic (exact) mass is 435 g/mol. The molecule has 0 saturated carbocycles. The highest BCUT2D eigenvalue weighted by Crippen LogP contribution is 2.28. The van der Waals surface area contributed by atoms with Crippen LogP contribution in [0.1, 0.15) is 42.0 Å². The largest absolute Gasteiger partial charge is 0.493 e. The summed E-state index contributed by atoms with van der Waals surface area (Å²) in [5.41, 5.74) is 1.67. The summed E-state index contributed by atoms with van der Waals surface area (Å²) in [6, 6.07) is 16.3. The molecule has 0 aliphatic heterocycles. The molecule has 2 aromatic carbocycles. The van der Waals surface area contributed by atoms with Crippen molar-refractivity contribution in [2.45, 2.75) is 33.7 Å². The molecular formula is C25H29N3O4. The van der Waals surface area contributed by atoms with Crippen molar-refractivity contribution in [3.05, 3.63) is 81.8 Å². The number of para-hydroxylation sites is 1. The lowest BCUT2D eigenvalue weighted by Crippen LogP contribution is -2.31. The summed E-state index contributed by atoms with van der Waals surface area (Å²) in [4.78, 5) is 25.1. The predicted molar refractivity (Wildman–Crippen MR) is 124 cm³/mol. The van der Waals surface area contributed by atoms with E-state index < -0.39 is 11.3 Å². The number of nitrogens with one attached hydrogen (secondary N) is 1. The lowest BCUT2D eigenvalue weighted by Gasteiger charge is -2.14. The Balaban J connectivity index is 1.72.